The number of hydrogen-bond acceptors (Lipinski definition) is 2. The van der Waals surface area contributed by atoms with Crippen molar-refractivity contribution in [1.29, 1.82) is 0 Å². The predicted octanol–water partition coefficient (Wildman–Crippen LogP) is 3.37. The van der Waals surface area contributed by atoms with Gasteiger partial charge in [0.25, 0.3) is 0 Å². The number of fused-ring (bicyclic) bond motifs is 1. The zero-order valence-corrected chi connectivity index (χ0v) is 11.9. The molecule has 3 heteroatoms. The Bertz CT molecular complexity index is 654. The highest BCUT2D eigenvalue weighted by Gasteiger charge is 2.19. The second kappa shape index (κ2) is 5.80. The molecule has 0 spiro atoms. The van der Waals surface area contributed by atoms with E-state index in [9.17, 15) is 4.79 Å². The van der Waals surface area contributed by atoms with Gasteiger partial charge in [0.15, 0.2) is 5.43 Å². The van der Waals surface area contributed by atoms with E-state index in [2.05, 4.69) is 11.1 Å². The largest absolute Gasteiger partial charge is 0.384 e. The second-order valence-electron chi connectivity index (χ2n) is 5.65. The Morgan fingerprint density at radius 1 is 1.30 bits per heavy atom. The van der Waals surface area contributed by atoms with Gasteiger partial charge in [-0.3, -0.25) is 4.79 Å². The summed E-state index contributed by atoms with van der Waals surface area (Å²) in [5, 5.41) is 0.792. The first-order chi connectivity index (χ1) is 9.79. The van der Waals surface area contributed by atoms with Crippen LogP contribution >= 0.6 is 0 Å². The molecule has 1 aliphatic carbocycles. The molecule has 1 aliphatic rings. The molecule has 1 N–H and O–H groups in total. The minimum atomic E-state index is 0.139. The third-order valence-electron chi connectivity index (χ3n) is 4.34. The Balaban J connectivity index is 2.09. The molecule has 106 valence electrons. The van der Waals surface area contributed by atoms with Gasteiger partial charge in [-0.2, -0.15) is 0 Å². The number of hydrogen-bond donors (Lipinski definition) is 1. The van der Waals surface area contributed by atoms with Gasteiger partial charge >= 0.3 is 0 Å². The quantitative estimate of drug-likeness (QED) is 0.926. The average molecular weight is 271 g/mol. The van der Waals surface area contributed by atoms with Crippen molar-refractivity contribution in [3.05, 3.63) is 45.7 Å². The molecule has 1 aromatic heterocycles. The number of benzene rings is 1. The number of rotatable bonds is 4. The standard InChI is InChI=1S/C17H21NO2/c1-20-10-9-13-7-4-8-14-16(19)11-15(18-17(13)14)12-5-2-3-6-12/h4,7-8,11-12H,2-3,5-6,9-10H2,1H3,(H,18,19). The number of para-hydroxylation sites is 1. The zero-order chi connectivity index (χ0) is 13.9. The molecule has 0 saturated heterocycles. The van der Waals surface area contributed by atoms with Crippen LogP contribution in [0.25, 0.3) is 10.9 Å². The normalized spacial score (nSPS) is 16.1. The molecular weight excluding hydrogens is 250 g/mol. The van der Waals surface area contributed by atoms with E-state index >= 15 is 0 Å². The third-order valence-corrected chi connectivity index (χ3v) is 4.34. The SMILES string of the molecule is COCCc1cccc2c(=O)cc(C3CCCC3)[nH]c12. The Morgan fingerprint density at radius 3 is 2.85 bits per heavy atom. The molecule has 2 aromatic rings. The molecule has 0 unspecified atom stereocenters. The molecule has 20 heavy (non-hydrogen) atoms. The number of aromatic nitrogens is 1. The smallest absolute Gasteiger partial charge is 0.189 e. The van der Waals surface area contributed by atoms with E-state index in [1.54, 1.807) is 13.2 Å². The van der Waals surface area contributed by atoms with Crippen LogP contribution in [0.15, 0.2) is 29.1 Å². The molecule has 0 aliphatic heterocycles. The van der Waals surface area contributed by atoms with Crippen LogP contribution in [-0.4, -0.2) is 18.7 Å². The Morgan fingerprint density at radius 2 is 2.10 bits per heavy atom. The molecule has 0 bridgehead atoms. The maximum Gasteiger partial charge on any atom is 0.189 e. The van der Waals surface area contributed by atoms with Crippen molar-refractivity contribution >= 4 is 10.9 Å². The summed E-state index contributed by atoms with van der Waals surface area (Å²) < 4.78 is 5.16. The molecule has 3 rings (SSSR count). The lowest BCUT2D eigenvalue weighted by atomic mass is 10.0. The highest BCUT2D eigenvalue weighted by atomic mass is 16.5. The molecule has 0 atom stereocenters. The van der Waals surface area contributed by atoms with Crippen molar-refractivity contribution in [3.8, 4) is 0 Å². The summed E-state index contributed by atoms with van der Waals surface area (Å²) in [6.45, 7) is 0.675. The van der Waals surface area contributed by atoms with Crippen molar-refractivity contribution in [3.63, 3.8) is 0 Å². The molecule has 3 nitrogen and oxygen atoms in total. The number of aromatic amines is 1. The van der Waals surface area contributed by atoms with Crippen molar-refractivity contribution < 1.29 is 4.74 Å². The van der Waals surface area contributed by atoms with Gasteiger partial charge in [-0.1, -0.05) is 25.0 Å². The zero-order valence-electron chi connectivity index (χ0n) is 11.9. The number of ether oxygens (including phenoxy) is 1. The van der Waals surface area contributed by atoms with E-state index in [1.807, 2.05) is 12.1 Å². The molecule has 1 saturated carbocycles. The van der Waals surface area contributed by atoms with Crippen LogP contribution in [-0.2, 0) is 11.2 Å². The van der Waals surface area contributed by atoms with Gasteiger partial charge in [0.2, 0.25) is 0 Å². The number of nitrogens with one attached hydrogen (secondary N) is 1. The van der Waals surface area contributed by atoms with E-state index in [4.69, 9.17) is 4.74 Å². The monoisotopic (exact) mass is 271 g/mol. The lowest BCUT2D eigenvalue weighted by Gasteiger charge is -2.13. The topological polar surface area (TPSA) is 42.1 Å². The molecular formula is C17H21NO2. The maximum absolute atomic E-state index is 12.3. The van der Waals surface area contributed by atoms with Crippen LogP contribution < -0.4 is 5.43 Å². The lowest BCUT2D eigenvalue weighted by Crippen LogP contribution is -2.09. The van der Waals surface area contributed by atoms with Crippen LogP contribution in [0.2, 0.25) is 0 Å². The minimum absolute atomic E-state index is 0.139. The van der Waals surface area contributed by atoms with Crippen LogP contribution in [0.3, 0.4) is 0 Å². The predicted molar refractivity (Wildman–Crippen MR) is 81.4 cm³/mol. The van der Waals surface area contributed by atoms with E-state index in [1.165, 1.54) is 31.2 Å². The average Bonchev–Trinajstić information content (AvgIpc) is 2.99. The minimum Gasteiger partial charge on any atom is -0.384 e. The van der Waals surface area contributed by atoms with Crippen molar-refractivity contribution in [2.75, 3.05) is 13.7 Å². The van der Waals surface area contributed by atoms with E-state index < -0.39 is 0 Å². The molecule has 0 amide bonds. The van der Waals surface area contributed by atoms with Crippen LogP contribution in [0.1, 0.15) is 42.9 Å². The van der Waals surface area contributed by atoms with Gasteiger partial charge in [-0.05, 0) is 36.8 Å². The molecule has 0 radical (unpaired) electrons. The molecule has 1 heterocycles. The maximum atomic E-state index is 12.3. The fourth-order valence-corrected chi connectivity index (χ4v) is 3.23. The van der Waals surface area contributed by atoms with Crippen molar-refractivity contribution in [2.24, 2.45) is 0 Å². The Labute approximate surface area is 119 Å². The summed E-state index contributed by atoms with van der Waals surface area (Å²) in [4.78, 5) is 15.9. The number of pyridine rings is 1. The van der Waals surface area contributed by atoms with E-state index in [0.29, 0.717) is 12.5 Å². The molecule has 1 fully saturated rings. The summed E-state index contributed by atoms with van der Waals surface area (Å²) in [6.07, 6.45) is 5.77. The van der Waals surface area contributed by atoms with Crippen LogP contribution in [0.4, 0.5) is 0 Å². The lowest BCUT2D eigenvalue weighted by molar-refractivity contribution is 0.202. The van der Waals surface area contributed by atoms with Crippen molar-refractivity contribution in [1.82, 2.24) is 4.98 Å². The second-order valence-corrected chi connectivity index (χ2v) is 5.65. The first kappa shape index (κ1) is 13.4. The molecule has 1 aromatic carbocycles. The fraction of sp³-hybridized carbons (Fsp3) is 0.471. The van der Waals surface area contributed by atoms with E-state index in [0.717, 1.165) is 23.0 Å². The summed E-state index contributed by atoms with van der Waals surface area (Å²) in [6, 6.07) is 7.74. The van der Waals surface area contributed by atoms with Crippen LogP contribution in [0, 0.1) is 0 Å². The van der Waals surface area contributed by atoms with Gasteiger partial charge in [-0.15, -0.1) is 0 Å². The van der Waals surface area contributed by atoms with Crippen LogP contribution in [0.5, 0.6) is 0 Å². The van der Waals surface area contributed by atoms with Gasteiger partial charge in [0.05, 0.1) is 12.1 Å². The highest BCUT2D eigenvalue weighted by molar-refractivity contribution is 5.81. The van der Waals surface area contributed by atoms with E-state index in [-0.39, 0.29) is 5.43 Å². The summed E-state index contributed by atoms with van der Waals surface area (Å²) in [5.74, 6) is 0.530. The number of methoxy groups -OCH3 is 1. The number of H-pyrrole nitrogens is 1. The highest BCUT2D eigenvalue weighted by Crippen LogP contribution is 2.33. The fourth-order valence-electron chi connectivity index (χ4n) is 3.23. The summed E-state index contributed by atoms with van der Waals surface area (Å²) >= 11 is 0. The van der Waals surface area contributed by atoms with Gasteiger partial charge in [-0.25, -0.2) is 0 Å². The Kier molecular flexibility index (Phi) is 3.88. The van der Waals surface area contributed by atoms with Crippen molar-refractivity contribution in [2.45, 2.75) is 38.0 Å². The summed E-state index contributed by atoms with van der Waals surface area (Å²) in [5.41, 5.74) is 3.42. The first-order valence-electron chi connectivity index (χ1n) is 7.43. The third kappa shape index (κ3) is 2.50. The van der Waals surface area contributed by atoms with Gasteiger partial charge < -0.3 is 9.72 Å². The Hall–Kier alpha value is -1.61. The summed E-state index contributed by atoms with van der Waals surface area (Å²) in [7, 11) is 1.71. The van der Waals surface area contributed by atoms with Gasteiger partial charge in [0.1, 0.15) is 0 Å². The first-order valence-corrected chi connectivity index (χ1v) is 7.43. The van der Waals surface area contributed by atoms with Gasteiger partial charge in [0, 0.05) is 24.3 Å².